The fraction of sp³-hybridized carbons (Fsp3) is 1.00. The highest BCUT2D eigenvalue weighted by molar-refractivity contribution is 4.87. The highest BCUT2D eigenvalue weighted by atomic mass is 16.5. The van der Waals surface area contributed by atoms with Crippen molar-refractivity contribution in [3.63, 3.8) is 0 Å². The van der Waals surface area contributed by atoms with E-state index in [0.717, 1.165) is 25.5 Å². The van der Waals surface area contributed by atoms with Crippen LogP contribution in [-0.2, 0) is 4.74 Å². The van der Waals surface area contributed by atoms with Gasteiger partial charge in [0.2, 0.25) is 0 Å². The second-order valence-electron chi connectivity index (χ2n) is 5.24. The third-order valence-corrected chi connectivity index (χ3v) is 3.63. The third kappa shape index (κ3) is 4.40. The number of ether oxygens (including phenoxy) is 1. The van der Waals surface area contributed by atoms with Crippen molar-refractivity contribution in [2.45, 2.75) is 58.2 Å². The monoisotopic (exact) mass is 229 g/mol. The second-order valence-corrected chi connectivity index (χ2v) is 5.24. The van der Waals surface area contributed by atoms with Crippen molar-refractivity contribution in [1.82, 2.24) is 4.90 Å². The SMILES string of the molecule is COCCN(C(C)CC(C)O)C(C)C1CC1. The van der Waals surface area contributed by atoms with Gasteiger partial charge < -0.3 is 9.84 Å². The molecule has 3 atom stereocenters. The minimum Gasteiger partial charge on any atom is -0.393 e. The first-order valence-electron chi connectivity index (χ1n) is 6.49. The Labute approximate surface area is 99.8 Å². The summed E-state index contributed by atoms with van der Waals surface area (Å²) in [5, 5.41) is 9.48. The van der Waals surface area contributed by atoms with E-state index in [9.17, 15) is 5.11 Å². The highest BCUT2D eigenvalue weighted by Crippen LogP contribution is 2.36. The molecule has 1 aliphatic carbocycles. The molecular formula is C13H27NO2. The summed E-state index contributed by atoms with van der Waals surface area (Å²) in [7, 11) is 1.75. The van der Waals surface area contributed by atoms with Gasteiger partial charge in [-0.15, -0.1) is 0 Å². The molecule has 0 radical (unpaired) electrons. The van der Waals surface area contributed by atoms with E-state index in [4.69, 9.17) is 4.74 Å². The summed E-state index contributed by atoms with van der Waals surface area (Å²) < 4.78 is 5.17. The smallest absolute Gasteiger partial charge is 0.0589 e. The zero-order valence-electron chi connectivity index (χ0n) is 11.1. The average molecular weight is 229 g/mol. The summed E-state index contributed by atoms with van der Waals surface area (Å²) in [6.45, 7) is 8.14. The highest BCUT2D eigenvalue weighted by Gasteiger charge is 2.33. The third-order valence-electron chi connectivity index (χ3n) is 3.63. The Morgan fingerprint density at radius 3 is 2.38 bits per heavy atom. The van der Waals surface area contributed by atoms with E-state index in [2.05, 4.69) is 18.7 Å². The van der Waals surface area contributed by atoms with Crippen molar-refractivity contribution in [2.24, 2.45) is 5.92 Å². The van der Waals surface area contributed by atoms with E-state index >= 15 is 0 Å². The molecule has 1 aliphatic rings. The van der Waals surface area contributed by atoms with E-state index < -0.39 is 0 Å². The molecule has 0 aliphatic heterocycles. The predicted octanol–water partition coefficient (Wildman–Crippen LogP) is 1.89. The van der Waals surface area contributed by atoms with Crippen molar-refractivity contribution in [2.75, 3.05) is 20.3 Å². The number of hydrogen-bond donors (Lipinski definition) is 1. The van der Waals surface area contributed by atoms with Crippen LogP contribution < -0.4 is 0 Å². The minimum atomic E-state index is -0.216. The molecule has 0 aromatic rings. The zero-order valence-corrected chi connectivity index (χ0v) is 11.1. The summed E-state index contributed by atoms with van der Waals surface area (Å²) in [5.74, 6) is 0.869. The Kier molecular flexibility index (Phi) is 5.73. The molecule has 1 N–H and O–H groups in total. The van der Waals surface area contributed by atoms with Gasteiger partial charge in [-0.1, -0.05) is 0 Å². The van der Waals surface area contributed by atoms with E-state index in [1.54, 1.807) is 7.11 Å². The zero-order chi connectivity index (χ0) is 12.1. The topological polar surface area (TPSA) is 32.7 Å². The van der Waals surface area contributed by atoms with E-state index in [1.165, 1.54) is 12.8 Å². The van der Waals surface area contributed by atoms with Crippen LogP contribution in [0.3, 0.4) is 0 Å². The van der Waals surface area contributed by atoms with Gasteiger partial charge in [0.15, 0.2) is 0 Å². The summed E-state index contributed by atoms with van der Waals surface area (Å²) in [6, 6.07) is 1.06. The molecule has 3 nitrogen and oxygen atoms in total. The van der Waals surface area contributed by atoms with Crippen molar-refractivity contribution >= 4 is 0 Å². The van der Waals surface area contributed by atoms with Crippen LogP contribution in [0.5, 0.6) is 0 Å². The molecule has 96 valence electrons. The Morgan fingerprint density at radius 1 is 1.31 bits per heavy atom. The van der Waals surface area contributed by atoms with E-state index in [0.29, 0.717) is 12.1 Å². The molecule has 0 aromatic heterocycles. The molecule has 0 spiro atoms. The lowest BCUT2D eigenvalue weighted by Crippen LogP contribution is -2.44. The average Bonchev–Trinajstić information content (AvgIpc) is 2.99. The van der Waals surface area contributed by atoms with Crippen LogP contribution in [-0.4, -0.2) is 48.5 Å². The van der Waals surface area contributed by atoms with Crippen molar-refractivity contribution in [3.05, 3.63) is 0 Å². The van der Waals surface area contributed by atoms with Gasteiger partial charge in [-0.25, -0.2) is 0 Å². The standard InChI is InChI=1S/C13H27NO2/c1-10(9-11(2)15)14(7-8-16-4)12(3)13-5-6-13/h10-13,15H,5-9H2,1-4H3. The molecule has 3 heteroatoms. The summed E-state index contributed by atoms with van der Waals surface area (Å²) in [4.78, 5) is 2.49. The Balaban J connectivity index is 2.46. The Bertz CT molecular complexity index is 192. The van der Waals surface area contributed by atoms with E-state index in [-0.39, 0.29) is 6.10 Å². The number of nitrogens with zero attached hydrogens (tertiary/aromatic N) is 1. The first-order chi connectivity index (χ1) is 7.56. The van der Waals surface area contributed by atoms with Gasteiger partial charge in [0.05, 0.1) is 12.7 Å². The maximum atomic E-state index is 9.48. The van der Waals surface area contributed by atoms with Crippen LogP contribution in [0, 0.1) is 5.92 Å². The van der Waals surface area contributed by atoms with Crippen LogP contribution in [0.1, 0.15) is 40.0 Å². The predicted molar refractivity (Wildman–Crippen MR) is 66.5 cm³/mol. The van der Waals surface area contributed by atoms with Gasteiger partial charge in [-0.3, -0.25) is 4.90 Å². The molecule has 1 rings (SSSR count). The van der Waals surface area contributed by atoms with Crippen LogP contribution >= 0.6 is 0 Å². The quantitative estimate of drug-likeness (QED) is 0.690. The molecule has 16 heavy (non-hydrogen) atoms. The molecule has 3 unspecified atom stereocenters. The molecule has 1 saturated carbocycles. The maximum absolute atomic E-state index is 9.48. The van der Waals surface area contributed by atoms with Crippen LogP contribution in [0.4, 0.5) is 0 Å². The van der Waals surface area contributed by atoms with Gasteiger partial charge in [0.25, 0.3) is 0 Å². The molecule has 0 amide bonds. The molecule has 0 heterocycles. The van der Waals surface area contributed by atoms with Crippen molar-refractivity contribution in [3.8, 4) is 0 Å². The van der Waals surface area contributed by atoms with Gasteiger partial charge in [-0.2, -0.15) is 0 Å². The normalized spacial score (nSPS) is 22.1. The Morgan fingerprint density at radius 2 is 1.94 bits per heavy atom. The molecule has 0 aromatic carbocycles. The number of rotatable bonds is 8. The summed E-state index contributed by atoms with van der Waals surface area (Å²) in [5.41, 5.74) is 0. The number of hydrogen-bond acceptors (Lipinski definition) is 3. The van der Waals surface area contributed by atoms with Crippen molar-refractivity contribution in [1.29, 1.82) is 0 Å². The first-order valence-corrected chi connectivity index (χ1v) is 6.49. The number of methoxy groups -OCH3 is 1. The van der Waals surface area contributed by atoms with Gasteiger partial charge >= 0.3 is 0 Å². The fourth-order valence-corrected chi connectivity index (χ4v) is 2.50. The fourth-order valence-electron chi connectivity index (χ4n) is 2.50. The lowest BCUT2D eigenvalue weighted by atomic mass is 10.1. The molecule has 1 fully saturated rings. The van der Waals surface area contributed by atoms with Gasteiger partial charge in [-0.05, 0) is 46.0 Å². The van der Waals surface area contributed by atoms with Gasteiger partial charge in [0, 0.05) is 25.7 Å². The van der Waals surface area contributed by atoms with Crippen LogP contribution in [0.25, 0.3) is 0 Å². The van der Waals surface area contributed by atoms with Crippen molar-refractivity contribution < 1.29 is 9.84 Å². The second kappa shape index (κ2) is 6.58. The largest absolute Gasteiger partial charge is 0.393 e. The molecule has 0 bridgehead atoms. The van der Waals surface area contributed by atoms with Crippen LogP contribution in [0.15, 0.2) is 0 Å². The summed E-state index contributed by atoms with van der Waals surface area (Å²) in [6.07, 6.45) is 3.37. The lowest BCUT2D eigenvalue weighted by Gasteiger charge is -2.35. The number of aliphatic hydroxyl groups excluding tert-OH is 1. The molecular weight excluding hydrogens is 202 g/mol. The maximum Gasteiger partial charge on any atom is 0.0589 e. The Hall–Kier alpha value is -0.120. The summed E-state index contributed by atoms with van der Waals surface area (Å²) >= 11 is 0. The minimum absolute atomic E-state index is 0.216. The van der Waals surface area contributed by atoms with Crippen LogP contribution in [0.2, 0.25) is 0 Å². The lowest BCUT2D eigenvalue weighted by molar-refractivity contribution is 0.0608. The first kappa shape index (κ1) is 13.9. The molecule has 0 saturated heterocycles. The van der Waals surface area contributed by atoms with E-state index in [1.807, 2.05) is 6.92 Å². The number of aliphatic hydroxyl groups is 1. The van der Waals surface area contributed by atoms with Gasteiger partial charge in [0.1, 0.15) is 0 Å².